The van der Waals surface area contributed by atoms with Gasteiger partial charge in [0, 0.05) is 17.3 Å². The molecule has 1 amide bonds. The van der Waals surface area contributed by atoms with Crippen LogP contribution in [0.25, 0.3) is 11.1 Å². The smallest absolute Gasteiger partial charge is 0.349 e. The second-order valence-electron chi connectivity index (χ2n) is 6.22. The quantitative estimate of drug-likeness (QED) is 0.578. The van der Waals surface area contributed by atoms with Crippen LogP contribution in [0.3, 0.4) is 0 Å². The van der Waals surface area contributed by atoms with Crippen LogP contribution in [0.1, 0.15) is 15.2 Å². The molecule has 7 heteroatoms. The normalized spacial score (nSPS) is 10.3. The van der Waals surface area contributed by atoms with E-state index in [0.717, 1.165) is 16.7 Å². The minimum absolute atomic E-state index is 0.390. The van der Waals surface area contributed by atoms with E-state index in [4.69, 9.17) is 14.2 Å². The zero-order valence-corrected chi connectivity index (χ0v) is 17.2. The van der Waals surface area contributed by atoms with Gasteiger partial charge in [-0.05, 0) is 36.1 Å². The highest BCUT2D eigenvalue weighted by Crippen LogP contribution is 2.30. The van der Waals surface area contributed by atoms with Gasteiger partial charge < -0.3 is 19.5 Å². The molecule has 0 aliphatic rings. The summed E-state index contributed by atoms with van der Waals surface area (Å²) in [5.41, 5.74) is 3.37. The van der Waals surface area contributed by atoms with Crippen molar-refractivity contribution in [3.8, 4) is 22.6 Å². The minimum atomic E-state index is -0.530. The molecule has 0 bridgehead atoms. The predicted octanol–water partition coefficient (Wildman–Crippen LogP) is 4.54. The van der Waals surface area contributed by atoms with Crippen molar-refractivity contribution >= 4 is 28.9 Å². The average Bonchev–Trinajstić information content (AvgIpc) is 3.22. The molecule has 1 heterocycles. The first kappa shape index (κ1) is 20.4. The van der Waals surface area contributed by atoms with Crippen LogP contribution in [-0.4, -0.2) is 32.7 Å². The van der Waals surface area contributed by atoms with Crippen LogP contribution in [-0.2, 0) is 9.53 Å². The molecule has 0 saturated carbocycles. The Morgan fingerprint density at radius 1 is 0.966 bits per heavy atom. The van der Waals surface area contributed by atoms with Crippen molar-refractivity contribution in [1.29, 1.82) is 0 Å². The number of carbonyl (C=O) groups excluding carboxylic acids is 2. The van der Waals surface area contributed by atoms with Crippen LogP contribution >= 0.6 is 11.3 Å². The van der Waals surface area contributed by atoms with E-state index in [0.29, 0.717) is 22.1 Å². The number of benzene rings is 2. The maximum absolute atomic E-state index is 12.5. The van der Waals surface area contributed by atoms with E-state index >= 15 is 0 Å². The Labute approximate surface area is 173 Å². The van der Waals surface area contributed by atoms with Gasteiger partial charge >= 0.3 is 5.97 Å². The van der Waals surface area contributed by atoms with Gasteiger partial charge in [0.25, 0.3) is 5.91 Å². The molecule has 0 spiro atoms. The summed E-state index contributed by atoms with van der Waals surface area (Å²) in [4.78, 5) is 25.1. The van der Waals surface area contributed by atoms with Crippen LogP contribution in [0.15, 0.2) is 53.9 Å². The monoisotopic (exact) mass is 411 g/mol. The minimum Gasteiger partial charge on any atom is -0.493 e. The van der Waals surface area contributed by atoms with Gasteiger partial charge in [0.1, 0.15) is 4.88 Å². The summed E-state index contributed by atoms with van der Waals surface area (Å²) in [5.74, 6) is 0.0684. The first-order chi connectivity index (χ1) is 14.0. The van der Waals surface area contributed by atoms with Crippen LogP contribution < -0.4 is 14.8 Å². The molecule has 150 valence electrons. The molecule has 2 aromatic carbocycles. The van der Waals surface area contributed by atoms with Gasteiger partial charge in [0.15, 0.2) is 18.1 Å². The molecule has 29 heavy (non-hydrogen) atoms. The van der Waals surface area contributed by atoms with E-state index in [1.165, 1.54) is 25.6 Å². The number of esters is 1. The van der Waals surface area contributed by atoms with Crippen molar-refractivity contribution in [3.63, 3.8) is 0 Å². The molecule has 3 rings (SSSR count). The van der Waals surface area contributed by atoms with Gasteiger partial charge in [0.2, 0.25) is 0 Å². The highest BCUT2D eigenvalue weighted by Gasteiger charge is 2.17. The van der Waals surface area contributed by atoms with Crippen LogP contribution in [0, 0.1) is 6.92 Å². The Kier molecular flexibility index (Phi) is 6.51. The average molecular weight is 411 g/mol. The van der Waals surface area contributed by atoms with E-state index in [2.05, 4.69) is 5.32 Å². The Morgan fingerprint density at radius 3 is 2.38 bits per heavy atom. The molecule has 0 fully saturated rings. The molecule has 0 aliphatic carbocycles. The number of thiophene rings is 1. The van der Waals surface area contributed by atoms with Crippen molar-refractivity contribution in [2.24, 2.45) is 0 Å². The predicted molar refractivity (Wildman–Crippen MR) is 113 cm³/mol. The molecule has 0 atom stereocenters. The first-order valence-electron chi connectivity index (χ1n) is 8.85. The summed E-state index contributed by atoms with van der Waals surface area (Å²) in [7, 11) is 3.04. The highest BCUT2D eigenvalue weighted by atomic mass is 32.1. The molecule has 0 aliphatic heterocycles. The Morgan fingerprint density at radius 2 is 1.69 bits per heavy atom. The van der Waals surface area contributed by atoms with E-state index < -0.39 is 18.5 Å². The topological polar surface area (TPSA) is 73.9 Å². The van der Waals surface area contributed by atoms with Gasteiger partial charge in [-0.1, -0.05) is 29.8 Å². The number of anilines is 1. The number of ether oxygens (including phenoxy) is 3. The van der Waals surface area contributed by atoms with E-state index in [1.807, 2.05) is 42.6 Å². The summed E-state index contributed by atoms with van der Waals surface area (Å²) in [5, 5.41) is 4.50. The van der Waals surface area contributed by atoms with Gasteiger partial charge in [-0.3, -0.25) is 4.79 Å². The number of hydrogen-bond donors (Lipinski definition) is 1. The maximum Gasteiger partial charge on any atom is 0.349 e. The lowest BCUT2D eigenvalue weighted by molar-refractivity contribution is -0.119. The third-order valence-electron chi connectivity index (χ3n) is 4.21. The number of carbonyl (C=O) groups is 2. The van der Waals surface area contributed by atoms with Crippen molar-refractivity contribution in [2.75, 3.05) is 26.1 Å². The van der Waals surface area contributed by atoms with Crippen LogP contribution in [0.5, 0.6) is 11.5 Å². The number of methoxy groups -OCH3 is 2. The molecule has 0 saturated heterocycles. The lowest BCUT2D eigenvalue weighted by atomic mass is 10.1. The molecular weight excluding hydrogens is 390 g/mol. The second kappa shape index (κ2) is 9.25. The number of hydrogen-bond acceptors (Lipinski definition) is 6. The molecule has 1 aromatic heterocycles. The van der Waals surface area contributed by atoms with E-state index in [9.17, 15) is 9.59 Å². The summed E-state index contributed by atoms with van der Waals surface area (Å²) in [6.07, 6.45) is 0. The third kappa shape index (κ3) is 4.94. The van der Waals surface area contributed by atoms with Crippen molar-refractivity contribution in [2.45, 2.75) is 6.92 Å². The van der Waals surface area contributed by atoms with E-state index in [1.54, 1.807) is 18.2 Å². The Balaban J connectivity index is 1.62. The lowest BCUT2D eigenvalue weighted by Gasteiger charge is -2.11. The van der Waals surface area contributed by atoms with Gasteiger partial charge in [-0.2, -0.15) is 0 Å². The van der Waals surface area contributed by atoms with Crippen LogP contribution in [0.2, 0.25) is 0 Å². The van der Waals surface area contributed by atoms with Gasteiger partial charge in [0.05, 0.1) is 14.2 Å². The fraction of sp³-hybridized carbons (Fsp3) is 0.182. The molecular formula is C22H21NO5S. The molecule has 0 unspecified atom stereocenters. The summed E-state index contributed by atoms with van der Waals surface area (Å²) in [6, 6.07) is 14.7. The third-order valence-corrected chi connectivity index (χ3v) is 5.11. The Bertz CT molecular complexity index is 1010. The maximum atomic E-state index is 12.5. The fourth-order valence-corrected chi connectivity index (χ4v) is 3.54. The molecule has 1 N–H and O–H groups in total. The fourth-order valence-electron chi connectivity index (χ4n) is 2.74. The summed E-state index contributed by atoms with van der Waals surface area (Å²) in [6.45, 7) is 1.61. The van der Waals surface area contributed by atoms with Crippen LogP contribution in [0.4, 0.5) is 5.69 Å². The Hall–Kier alpha value is -3.32. The number of amides is 1. The summed E-state index contributed by atoms with van der Waals surface area (Å²) < 4.78 is 15.6. The van der Waals surface area contributed by atoms with Crippen molar-refractivity contribution < 1.29 is 23.8 Å². The lowest BCUT2D eigenvalue weighted by Crippen LogP contribution is -2.20. The van der Waals surface area contributed by atoms with E-state index in [-0.39, 0.29) is 0 Å². The molecule has 0 radical (unpaired) electrons. The molecule has 3 aromatic rings. The summed E-state index contributed by atoms with van der Waals surface area (Å²) >= 11 is 1.28. The largest absolute Gasteiger partial charge is 0.493 e. The molecule has 6 nitrogen and oxygen atoms in total. The number of nitrogens with one attached hydrogen (secondary N) is 1. The zero-order chi connectivity index (χ0) is 20.8. The first-order valence-corrected chi connectivity index (χ1v) is 9.73. The zero-order valence-electron chi connectivity index (χ0n) is 16.4. The van der Waals surface area contributed by atoms with Crippen molar-refractivity contribution in [3.05, 3.63) is 64.4 Å². The number of rotatable bonds is 7. The van der Waals surface area contributed by atoms with Gasteiger partial charge in [-0.25, -0.2) is 4.79 Å². The van der Waals surface area contributed by atoms with Gasteiger partial charge in [-0.15, -0.1) is 11.3 Å². The highest BCUT2D eigenvalue weighted by molar-refractivity contribution is 7.12. The SMILES string of the molecule is COc1ccc(NC(=O)COC(=O)c2sccc2-c2ccc(C)cc2)cc1OC. The second-order valence-corrected chi connectivity index (χ2v) is 7.14. The number of aryl methyl sites for hydroxylation is 1. The van der Waals surface area contributed by atoms with Crippen molar-refractivity contribution in [1.82, 2.24) is 0 Å². The standard InChI is InChI=1S/C22H21NO5S/c1-14-4-6-15(7-5-14)17-10-11-29-21(17)22(25)28-13-20(24)23-16-8-9-18(26-2)19(12-16)27-3/h4-12H,13H2,1-3H3,(H,23,24).